The van der Waals surface area contributed by atoms with Crippen LogP contribution in [0.15, 0.2) is 30.4 Å². The third kappa shape index (κ3) is 1.80. The van der Waals surface area contributed by atoms with Crippen LogP contribution in [0.5, 0.6) is 5.75 Å². The van der Waals surface area contributed by atoms with E-state index in [-0.39, 0.29) is 5.41 Å². The number of fused-ring (bicyclic) bond motifs is 6. The molecule has 2 fully saturated rings. The number of aryl methyl sites for hydroxylation is 1. The lowest BCUT2D eigenvalue weighted by Gasteiger charge is -2.52. The van der Waals surface area contributed by atoms with Gasteiger partial charge in [0.2, 0.25) is 0 Å². The highest BCUT2D eigenvalue weighted by molar-refractivity contribution is 5.41. The first-order valence-corrected chi connectivity index (χ1v) is 9.31. The van der Waals surface area contributed by atoms with Crippen molar-refractivity contribution in [2.45, 2.75) is 44.3 Å². The van der Waals surface area contributed by atoms with Gasteiger partial charge in [0.1, 0.15) is 5.75 Å². The highest BCUT2D eigenvalue weighted by Gasteiger charge is 2.62. The third-order valence-corrected chi connectivity index (χ3v) is 7.22. The number of hydrogen-bond acceptors (Lipinski definition) is 3. The smallest absolute Gasteiger partial charge is 0.193 e. The van der Waals surface area contributed by atoms with Gasteiger partial charge >= 0.3 is 0 Å². The standard InChI is InChI=1S/C21H26O3/c1-20-9-7-17-16-6-4-15(22-2)13-14(16)3-5-18(17)19(20)8-10-21(20)23-11-12-24-21/h4,6,8,10,13,17-19H,3,5,7,9,11-12H2,1-2H3. The lowest BCUT2D eigenvalue weighted by Crippen LogP contribution is -2.52. The molecule has 0 bridgehead atoms. The molecule has 1 aromatic rings. The van der Waals surface area contributed by atoms with Crippen LogP contribution >= 0.6 is 0 Å². The van der Waals surface area contributed by atoms with Crippen LogP contribution < -0.4 is 4.74 Å². The lowest BCUT2D eigenvalue weighted by molar-refractivity contribution is -0.215. The van der Waals surface area contributed by atoms with Crippen molar-refractivity contribution in [3.8, 4) is 5.75 Å². The molecule has 3 nitrogen and oxygen atoms in total. The average molecular weight is 326 g/mol. The minimum atomic E-state index is -0.456. The molecule has 4 aliphatic rings. The minimum absolute atomic E-state index is 0.0919. The molecule has 1 saturated heterocycles. The summed E-state index contributed by atoms with van der Waals surface area (Å²) >= 11 is 0. The van der Waals surface area contributed by atoms with E-state index in [0.29, 0.717) is 17.8 Å². The highest BCUT2D eigenvalue weighted by Crippen LogP contribution is 2.63. The van der Waals surface area contributed by atoms with E-state index in [1.807, 2.05) is 0 Å². The van der Waals surface area contributed by atoms with E-state index in [1.54, 1.807) is 12.7 Å². The van der Waals surface area contributed by atoms with Crippen LogP contribution in [0.2, 0.25) is 0 Å². The van der Waals surface area contributed by atoms with Crippen molar-refractivity contribution in [3.63, 3.8) is 0 Å². The first-order valence-electron chi connectivity index (χ1n) is 9.31. The maximum Gasteiger partial charge on any atom is 0.193 e. The van der Waals surface area contributed by atoms with Gasteiger partial charge in [-0.2, -0.15) is 0 Å². The molecule has 0 amide bonds. The van der Waals surface area contributed by atoms with Gasteiger partial charge in [0, 0.05) is 5.41 Å². The fraction of sp³-hybridized carbons (Fsp3) is 0.619. The molecule has 5 rings (SSSR count). The molecule has 1 aromatic carbocycles. The molecule has 4 unspecified atom stereocenters. The van der Waals surface area contributed by atoms with Crippen molar-refractivity contribution in [3.05, 3.63) is 41.5 Å². The monoisotopic (exact) mass is 326 g/mol. The normalized spacial score (nSPS) is 38.7. The molecule has 3 aliphatic carbocycles. The number of allylic oxidation sites excluding steroid dienone is 1. The molecule has 0 radical (unpaired) electrons. The van der Waals surface area contributed by atoms with Crippen LogP contribution in [-0.4, -0.2) is 26.1 Å². The van der Waals surface area contributed by atoms with Crippen LogP contribution in [0.1, 0.15) is 43.2 Å². The van der Waals surface area contributed by atoms with Crippen molar-refractivity contribution in [2.24, 2.45) is 17.3 Å². The molecule has 24 heavy (non-hydrogen) atoms. The Balaban J connectivity index is 1.50. The summed E-state index contributed by atoms with van der Waals surface area (Å²) < 4.78 is 17.7. The van der Waals surface area contributed by atoms with Gasteiger partial charge in [-0.05, 0) is 72.8 Å². The molecular formula is C21H26O3. The van der Waals surface area contributed by atoms with Crippen LogP contribution in [0.25, 0.3) is 0 Å². The number of rotatable bonds is 1. The van der Waals surface area contributed by atoms with Gasteiger partial charge in [-0.3, -0.25) is 0 Å². The van der Waals surface area contributed by atoms with Crippen LogP contribution in [0.4, 0.5) is 0 Å². The first-order chi connectivity index (χ1) is 11.7. The number of methoxy groups -OCH3 is 1. The van der Waals surface area contributed by atoms with Gasteiger partial charge in [0.15, 0.2) is 5.79 Å². The van der Waals surface area contributed by atoms with Crippen molar-refractivity contribution in [2.75, 3.05) is 20.3 Å². The maximum absolute atomic E-state index is 6.13. The van der Waals surface area contributed by atoms with Crippen molar-refractivity contribution in [1.82, 2.24) is 0 Å². The van der Waals surface area contributed by atoms with E-state index in [9.17, 15) is 0 Å². The second kappa shape index (κ2) is 5.09. The van der Waals surface area contributed by atoms with Gasteiger partial charge in [-0.15, -0.1) is 0 Å². The van der Waals surface area contributed by atoms with E-state index in [4.69, 9.17) is 14.2 Å². The van der Waals surface area contributed by atoms with Gasteiger partial charge in [-0.25, -0.2) is 0 Å². The van der Waals surface area contributed by atoms with Gasteiger partial charge in [0.25, 0.3) is 0 Å². The van der Waals surface area contributed by atoms with Crippen LogP contribution in [0, 0.1) is 17.3 Å². The fourth-order valence-electron chi connectivity index (χ4n) is 5.97. The third-order valence-electron chi connectivity index (χ3n) is 7.22. The van der Waals surface area contributed by atoms with Gasteiger partial charge < -0.3 is 14.2 Å². The lowest BCUT2D eigenvalue weighted by atomic mass is 9.54. The minimum Gasteiger partial charge on any atom is -0.497 e. The molecule has 1 heterocycles. The molecule has 1 spiro atoms. The van der Waals surface area contributed by atoms with Crippen LogP contribution in [0.3, 0.4) is 0 Å². The number of benzene rings is 1. The summed E-state index contributed by atoms with van der Waals surface area (Å²) in [6, 6.07) is 6.68. The van der Waals surface area contributed by atoms with Crippen molar-refractivity contribution < 1.29 is 14.2 Å². The maximum atomic E-state index is 6.13. The topological polar surface area (TPSA) is 27.7 Å². The average Bonchev–Trinajstić information content (AvgIpc) is 3.21. The summed E-state index contributed by atoms with van der Waals surface area (Å²) in [6.45, 7) is 3.84. The molecule has 0 aromatic heterocycles. The zero-order chi connectivity index (χ0) is 16.4. The predicted molar refractivity (Wildman–Crippen MR) is 92.2 cm³/mol. The van der Waals surface area contributed by atoms with Gasteiger partial charge in [0.05, 0.1) is 20.3 Å². The summed E-state index contributed by atoms with van der Waals surface area (Å²) in [5.74, 6) is 2.46. The zero-order valence-electron chi connectivity index (χ0n) is 14.6. The summed E-state index contributed by atoms with van der Waals surface area (Å²) in [4.78, 5) is 0. The fourth-order valence-corrected chi connectivity index (χ4v) is 5.97. The van der Waals surface area contributed by atoms with E-state index in [2.05, 4.69) is 37.3 Å². The summed E-state index contributed by atoms with van der Waals surface area (Å²) in [5.41, 5.74) is 3.13. The van der Waals surface area contributed by atoms with E-state index in [0.717, 1.165) is 31.8 Å². The second-order valence-electron chi connectivity index (χ2n) is 8.08. The molecular weight excluding hydrogens is 300 g/mol. The Bertz CT molecular complexity index is 688. The molecule has 0 N–H and O–H groups in total. The van der Waals surface area contributed by atoms with Crippen molar-refractivity contribution >= 4 is 0 Å². The van der Waals surface area contributed by atoms with Crippen molar-refractivity contribution in [1.29, 1.82) is 0 Å². The Morgan fingerprint density at radius 3 is 2.79 bits per heavy atom. The Morgan fingerprint density at radius 2 is 2.00 bits per heavy atom. The Kier molecular flexibility index (Phi) is 3.18. The largest absolute Gasteiger partial charge is 0.497 e. The molecule has 1 saturated carbocycles. The predicted octanol–water partition coefficient (Wildman–Crippen LogP) is 4.07. The quantitative estimate of drug-likeness (QED) is 0.728. The Hall–Kier alpha value is -1.32. The summed E-state index contributed by atoms with van der Waals surface area (Å²) in [6.07, 6.45) is 9.45. The molecule has 128 valence electrons. The number of ether oxygens (including phenoxy) is 3. The molecule has 1 aliphatic heterocycles. The second-order valence-corrected chi connectivity index (χ2v) is 8.08. The van der Waals surface area contributed by atoms with Crippen LogP contribution in [-0.2, 0) is 15.9 Å². The van der Waals surface area contributed by atoms with E-state index < -0.39 is 5.79 Å². The number of hydrogen-bond donors (Lipinski definition) is 0. The molecule has 4 atom stereocenters. The van der Waals surface area contributed by atoms with E-state index >= 15 is 0 Å². The highest BCUT2D eigenvalue weighted by atomic mass is 16.7. The van der Waals surface area contributed by atoms with Gasteiger partial charge in [-0.1, -0.05) is 19.1 Å². The van der Waals surface area contributed by atoms with E-state index in [1.165, 1.54) is 18.4 Å². The Labute approximate surface area is 144 Å². The SMILES string of the molecule is COc1ccc2c(c1)CCC1C2CCC2(C)C1C=CC21OCCO1. The first kappa shape index (κ1) is 15.0. The Morgan fingerprint density at radius 1 is 1.17 bits per heavy atom. The zero-order valence-corrected chi connectivity index (χ0v) is 14.6. The summed E-state index contributed by atoms with van der Waals surface area (Å²) in [5, 5.41) is 0. The molecule has 3 heteroatoms. The summed E-state index contributed by atoms with van der Waals surface area (Å²) in [7, 11) is 1.75.